The number of aromatic nitrogens is 6. The van der Waals surface area contributed by atoms with E-state index in [9.17, 15) is 4.39 Å². The number of halogens is 1. The Hall–Kier alpha value is -3.42. The maximum Gasteiger partial charge on any atom is 0.219 e. The molecule has 4 rings (SSSR count). The lowest BCUT2D eigenvalue weighted by atomic mass is 10.2. The fourth-order valence-electron chi connectivity index (χ4n) is 2.26. The van der Waals surface area contributed by atoms with Crippen LogP contribution in [0.4, 0.5) is 4.39 Å². The maximum atomic E-state index is 14.0. The maximum absolute atomic E-state index is 14.0. The Morgan fingerprint density at radius 2 is 1.83 bits per heavy atom. The number of rotatable bonds is 4. The highest BCUT2D eigenvalue weighted by molar-refractivity contribution is 5.53. The van der Waals surface area contributed by atoms with Gasteiger partial charge in [0.05, 0.1) is 6.54 Å². The standard InChI is InChI=1S/C16H11FN6O/c17-12-5-2-1-4-11(12)8-23-16(13-9-24-10-20-13)21-15(22-23)14-18-6-3-7-19-14/h1-7,9-10H,8H2. The quantitative estimate of drug-likeness (QED) is 0.574. The van der Waals surface area contributed by atoms with E-state index in [4.69, 9.17) is 4.42 Å². The first-order valence-electron chi connectivity index (χ1n) is 7.15. The van der Waals surface area contributed by atoms with Crippen LogP contribution in [0.2, 0.25) is 0 Å². The van der Waals surface area contributed by atoms with E-state index in [0.717, 1.165) is 0 Å². The van der Waals surface area contributed by atoms with Crippen molar-refractivity contribution in [3.8, 4) is 23.2 Å². The molecule has 3 heterocycles. The molecule has 0 amide bonds. The van der Waals surface area contributed by atoms with Crippen LogP contribution in [0.15, 0.2) is 59.8 Å². The molecule has 0 saturated heterocycles. The van der Waals surface area contributed by atoms with Gasteiger partial charge >= 0.3 is 0 Å². The molecule has 4 aromatic rings. The first kappa shape index (κ1) is 14.2. The Kier molecular flexibility index (Phi) is 3.54. The summed E-state index contributed by atoms with van der Waals surface area (Å²) in [4.78, 5) is 16.8. The van der Waals surface area contributed by atoms with Gasteiger partial charge in [-0.1, -0.05) is 18.2 Å². The molecule has 8 heteroatoms. The number of hydrogen-bond donors (Lipinski definition) is 0. The molecule has 0 aliphatic carbocycles. The molecule has 0 saturated carbocycles. The van der Waals surface area contributed by atoms with Gasteiger partial charge < -0.3 is 4.42 Å². The predicted octanol–water partition coefficient (Wildman–Crippen LogP) is 2.58. The van der Waals surface area contributed by atoms with E-state index in [2.05, 4.69) is 25.0 Å². The van der Waals surface area contributed by atoms with Crippen molar-refractivity contribution in [3.63, 3.8) is 0 Å². The summed E-state index contributed by atoms with van der Waals surface area (Å²) in [7, 11) is 0. The number of benzene rings is 1. The van der Waals surface area contributed by atoms with E-state index in [1.807, 2.05) is 0 Å². The molecule has 0 radical (unpaired) electrons. The average Bonchev–Trinajstić information content (AvgIpc) is 3.27. The summed E-state index contributed by atoms with van der Waals surface area (Å²) in [5, 5.41) is 4.41. The van der Waals surface area contributed by atoms with Gasteiger partial charge in [-0.15, -0.1) is 5.10 Å². The van der Waals surface area contributed by atoms with E-state index in [0.29, 0.717) is 28.7 Å². The van der Waals surface area contributed by atoms with Crippen LogP contribution < -0.4 is 0 Å². The summed E-state index contributed by atoms with van der Waals surface area (Å²) < 4.78 is 20.5. The second-order valence-electron chi connectivity index (χ2n) is 4.95. The van der Waals surface area contributed by atoms with Crippen LogP contribution in [0, 0.1) is 5.82 Å². The third kappa shape index (κ3) is 2.65. The van der Waals surface area contributed by atoms with Gasteiger partial charge in [0.1, 0.15) is 17.8 Å². The summed E-state index contributed by atoms with van der Waals surface area (Å²) in [6.07, 6.45) is 5.97. The zero-order chi connectivity index (χ0) is 16.4. The second kappa shape index (κ2) is 5.99. The van der Waals surface area contributed by atoms with Crippen molar-refractivity contribution in [1.82, 2.24) is 29.7 Å². The molecular weight excluding hydrogens is 311 g/mol. The summed E-state index contributed by atoms with van der Waals surface area (Å²) in [6, 6.07) is 8.22. The van der Waals surface area contributed by atoms with Crippen LogP contribution >= 0.6 is 0 Å². The Bertz CT molecular complexity index is 952. The number of oxazole rings is 1. The minimum absolute atomic E-state index is 0.203. The summed E-state index contributed by atoms with van der Waals surface area (Å²) in [5.41, 5.74) is 0.994. The normalized spacial score (nSPS) is 10.9. The SMILES string of the molecule is Fc1ccccc1Cn1nc(-c2ncccn2)nc1-c1cocn1. The molecule has 7 nitrogen and oxygen atoms in total. The van der Waals surface area contributed by atoms with Crippen molar-refractivity contribution in [2.45, 2.75) is 6.54 Å². The zero-order valence-electron chi connectivity index (χ0n) is 12.4. The average molecular weight is 322 g/mol. The predicted molar refractivity (Wildman–Crippen MR) is 82.0 cm³/mol. The van der Waals surface area contributed by atoms with Gasteiger partial charge in [0.15, 0.2) is 18.0 Å². The lowest BCUT2D eigenvalue weighted by molar-refractivity contribution is 0.557. The molecule has 0 atom stereocenters. The molecule has 24 heavy (non-hydrogen) atoms. The van der Waals surface area contributed by atoms with Crippen LogP contribution in [0.1, 0.15) is 5.56 Å². The van der Waals surface area contributed by atoms with Crippen molar-refractivity contribution in [3.05, 3.63) is 66.8 Å². The van der Waals surface area contributed by atoms with Gasteiger partial charge in [0, 0.05) is 18.0 Å². The number of nitrogens with zero attached hydrogens (tertiary/aromatic N) is 6. The highest BCUT2D eigenvalue weighted by Crippen LogP contribution is 2.20. The Labute approximate surface area is 135 Å². The third-order valence-electron chi connectivity index (χ3n) is 3.38. The molecule has 0 aliphatic heterocycles. The van der Waals surface area contributed by atoms with Gasteiger partial charge in [-0.3, -0.25) is 0 Å². The van der Waals surface area contributed by atoms with Crippen LogP contribution in [0.25, 0.3) is 23.2 Å². The number of hydrogen-bond acceptors (Lipinski definition) is 6. The van der Waals surface area contributed by atoms with Crippen molar-refractivity contribution in [2.24, 2.45) is 0 Å². The Balaban J connectivity index is 1.80. The molecule has 0 unspecified atom stereocenters. The Morgan fingerprint density at radius 3 is 2.58 bits per heavy atom. The second-order valence-corrected chi connectivity index (χ2v) is 4.95. The minimum atomic E-state index is -0.309. The molecule has 0 bridgehead atoms. The Morgan fingerprint density at radius 1 is 1.00 bits per heavy atom. The lowest BCUT2D eigenvalue weighted by Gasteiger charge is -2.05. The summed E-state index contributed by atoms with van der Waals surface area (Å²) in [5.74, 6) is 0.866. The molecule has 3 aromatic heterocycles. The van der Waals surface area contributed by atoms with Crippen molar-refractivity contribution < 1.29 is 8.81 Å². The van der Waals surface area contributed by atoms with Crippen LogP contribution in [0.3, 0.4) is 0 Å². The van der Waals surface area contributed by atoms with Gasteiger partial charge in [-0.2, -0.15) is 0 Å². The van der Waals surface area contributed by atoms with E-state index in [-0.39, 0.29) is 12.4 Å². The fraction of sp³-hybridized carbons (Fsp3) is 0.0625. The molecule has 0 aliphatic rings. The monoisotopic (exact) mass is 322 g/mol. The largest absolute Gasteiger partial charge is 0.451 e. The molecule has 0 spiro atoms. The molecule has 118 valence electrons. The molecular formula is C16H11FN6O. The first-order chi connectivity index (χ1) is 11.8. The fourth-order valence-corrected chi connectivity index (χ4v) is 2.26. The van der Waals surface area contributed by atoms with Crippen LogP contribution in [0.5, 0.6) is 0 Å². The smallest absolute Gasteiger partial charge is 0.219 e. The zero-order valence-corrected chi connectivity index (χ0v) is 12.4. The molecule has 0 fully saturated rings. The van der Waals surface area contributed by atoms with Gasteiger partial charge in [0.25, 0.3) is 0 Å². The van der Waals surface area contributed by atoms with Crippen LogP contribution in [-0.2, 0) is 6.54 Å². The lowest BCUT2D eigenvalue weighted by Crippen LogP contribution is -2.06. The van der Waals surface area contributed by atoms with Crippen molar-refractivity contribution >= 4 is 0 Å². The summed E-state index contributed by atoms with van der Waals surface area (Å²) in [6.45, 7) is 0.203. The van der Waals surface area contributed by atoms with E-state index < -0.39 is 0 Å². The highest BCUT2D eigenvalue weighted by atomic mass is 19.1. The molecule has 0 N–H and O–H groups in total. The topological polar surface area (TPSA) is 82.5 Å². The highest BCUT2D eigenvalue weighted by Gasteiger charge is 2.18. The van der Waals surface area contributed by atoms with Gasteiger partial charge in [-0.25, -0.2) is 29.0 Å². The van der Waals surface area contributed by atoms with Gasteiger partial charge in [-0.05, 0) is 12.1 Å². The molecule has 1 aromatic carbocycles. The third-order valence-corrected chi connectivity index (χ3v) is 3.38. The van der Waals surface area contributed by atoms with Crippen molar-refractivity contribution in [2.75, 3.05) is 0 Å². The minimum Gasteiger partial charge on any atom is -0.451 e. The van der Waals surface area contributed by atoms with Gasteiger partial charge in [0.2, 0.25) is 5.82 Å². The van der Waals surface area contributed by atoms with E-state index in [1.54, 1.807) is 41.3 Å². The van der Waals surface area contributed by atoms with E-state index >= 15 is 0 Å². The van der Waals surface area contributed by atoms with E-state index in [1.165, 1.54) is 18.7 Å². The van der Waals surface area contributed by atoms with Crippen molar-refractivity contribution in [1.29, 1.82) is 0 Å². The first-order valence-corrected chi connectivity index (χ1v) is 7.15. The summed E-state index contributed by atoms with van der Waals surface area (Å²) >= 11 is 0. The van der Waals surface area contributed by atoms with Crippen LogP contribution in [-0.4, -0.2) is 29.7 Å².